The summed E-state index contributed by atoms with van der Waals surface area (Å²) in [6, 6.07) is 5.41. The van der Waals surface area contributed by atoms with E-state index in [-0.39, 0.29) is 0 Å². The number of benzene rings is 1. The molecule has 100 valence electrons. The van der Waals surface area contributed by atoms with Gasteiger partial charge in [-0.1, -0.05) is 27.5 Å². The summed E-state index contributed by atoms with van der Waals surface area (Å²) in [5, 5.41) is 0.608. The van der Waals surface area contributed by atoms with Crippen LogP contribution in [0.3, 0.4) is 0 Å². The van der Waals surface area contributed by atoms with Crippen LogP contribution in [-0.4, -0.2) is 17.1 Å². The smallest absolute Gasteiger partial charge is 0.163 e. The Bertz CT molecular complexity index is 622. The SMILES string of the molecule is COCc1nc(-c2cc(Cl)ccc2Br)nc(N)c1Br. The van der Waals surface area contributed by atoms with Crippen molar-refractivity contribution < 1.29 is 4.74 Å². The number of methoxy groups -OCH3 is 1. The molecule has 2 aromatic rings. The van der Waals surface area contributed by atoms with E-state index in [1.54, 1.807) is 19.2 Å². The van der Waals surface area contributed by atoms with Gasteiger partial charge < -0.3 is 10.5 Å². The fourth-order valence-electron chi connectivity index (χ4n) is 1.53. The molecule has 0 atom stereocenters. The van der Waals surface area contributed by atoms with E-state index >= 15 is 0 Å². The summed E-state index contributed by atoms with van der Waals surface area (Å²) in [6.45, 7) is 0.346. The number of nitrogen functional groups attached to an aromatic ring is 1. The summed E-state index contributed by atoms with van der Waals surface area (Å²) in [5.74, 6) is 0.867. The second kappa shape index (κ2) is 6.17. The summed E-state index contributed by atoms with van der Waals surface area (Å²) in [5.41, 5.74) is 7.35. The monoisotopic (exact) mass is 405 g/mol. The average Bonchev–Trinajstić information content (AvgIpc) is 2.38. The first kappa shape index (κ1) is 14.7. The highest BCUT2D eigenvalue weighted by molar-refractivity contribution is 9.11. The maximum absolute atomic E-state index is 6.00. The van der Waals surface area contributed by atoms with E-state index in [0.717, 1.165) is 10.0 Å². The fourth-order valence-corrected chi connectivity index (χ4v) is 2.42. The molecule has 0 saturated carbocycles. The van der Waals surface area contributed by atoms with Gasteiger partial charge in [-0.15, -0.1) is 0 Å². The Morgan fingerprint density at radius 3 is 2.74 bits per heavy atom. The van der Waals surface area contributed by atoms with Crippen molar-refractivity contribution in [1.82, 2.24) is 9.97 Å². The zero-order valence-corrected chi connectivity index (χ0v) is 13.9. The molecule has 4 nitrogen and oxygen atoms in total. The second-order valence-electron chi connectivity index (χ2n) is 3.75. The Kier molecular flexibility index (Phi) is 4.78. The maximum atomic E-state index is 6.00. The molecule has 19 heavy (non-hydrogen) atoms. The summed E-state index contributed by atoms with van der Waals surface area (Å²) in [4.78, 5) is 8.71. The molecule has 0 fully saturated rings. The van der Waals surface area contributed by atoms with Gasteiger partial charge in [-0.05, 0) is 34.1 Å². The van der Waals surface area contributed by atoms with Crippen molar-refractivity contribution in [3.05, 3.63) is 37.9 Å². The molecule has 1 heterocycles. The van der Waals surface area contributed by atoms with Crippen LogP contribution in [0.25, 0.3) is 11.4 Å². The van der Waals surface area contributed by atoms with Crippen molar-refractivity contribution in [2.45, 2.75) is 6.61 Å². The van der Waals surface area contributed by atoms with Gasteiger partial charge in [0.25, 0.3) is 0 Å². The first-order valence-corrected chi connectivity index (χ1v) is 7.25. The molecule has 0 aliphatic carbocycles. The van der Waals surface area contributed by atoms with E-state index in [0.29, 0.717) is 33.4 Å². The highest BCUT2D eigenvalue weighted by Crippen LogP contribution is 2.31. The molecule has 0 unspecified atom stereocenters. The molecule has 2 rings (SSSR count). The van der Waals surface area contributed by atoms with Crippen molar-refractivity contribution in [1.29, 1.82) is 0 Å². The molecular weight excluding hydrogens is 397 g/mol. The minimum atomic E-state index is 0.346. The van der Waals surface area contributed by atoms with Gasteiger partial charge in [-0.2, -0.15) is 0 Å². The molecule has 1 aromatic carbocycles. The minimum Gasteiger partial charge on any atom is -0.383 e. The molecule has 0 aliphatic heterocycles. The molecular formula is C12H10Br2ClN3O. The lowest BCUT2D eigenvalue weighted by molar-refractivity contribution is 0.181. The number of halogens is 3. The summed E-state index contributed by atoms with van der Waals surface area (Å²) >= 11 is 12.8. The van der Waals surface area contributed by atoms with Crippen LogP contribution in [0.5, 0.6) is 0 Å². The van der Waals surface area contributed by atoms with E-state index in [1.807, 2.05) is 6.07 Å². The number of hydrogen-bond acceptors (Lipinski definition) is 4. The Morgan fingerprint density at radius 2 is 2.05 bits per heavy atom. The third kappa shape index (κ3) is 3.25. The number of nitrogens with zero attached hydrogens (tertiary/aromatic N) is 2. The number of hydrogen-bond donors (Lipinski definition) is 1. The van der Waals surface area contributed by atoms with E-state index in [9.17, 15) is 0 Å². The van der Waals surface area contributed by atoms with Crippen LogP contribution in [0, 0.1) is 0 Å². The number of ether oxygens (including phenoxy) is 1. The molecule has 0 radical (unpaired) electrons. The lowest BCUT2D eigenvalue weighted by Gasteiger charge is -2.09. The topological polar surface area (TPSA) is 61.0 Å². The Morgan fingerprint density at radius 1 is 1.32 bits per heavy atom. The van der Waals surface area contributed by atoms with Gasteiger partial charge in [-0.3, -0.25) is 0 Å². The zero-order chi connectivity index (χ0) is 14.0. The molecule has 1 aromatic heterocycles. The number of nitrogens with two attached hydrogens (primary N) is 1. The first-order valence-electron chi connectivity index (χ1n) is 5.29. The van der Waals surface area contributed by atoms with E-state index < -0.39 is 0 Å². The van der Waals surface area contributed by atoms with Crippen molar-refractivity contribution in [3.63, 3.8) is 0 Å². The molecule has 7 heteroatoms. The molecule has 0 spiro atoms. The molecule has 0 saturated heterocycles. The summed E-state index contributed by atoms with van der Waals surface area (Å²) in [6.07, 6.45) is 0. The zero-order valence-electron chi connectivity index (χ0n) is 9.95. The van der Waals surface area contributed by atoms with Crippen molar-refractivity contribution in [2.75, 3.05) is 12.8 Å². The third-order valence-electron chi connectivity index (χ3n) is 2.40. The Labute approximate surface area is 132 Å². The van der Waals surface area contributed by atoms with Crippen molar-refractivity contribution >= 4 is 49.3 Å². The van der Waals surface area contributed by atoms with Crippen LogP contribution in [0.4, 0.5) is 5.82 Å². The summed E-state index contributed by atoms with van der Waals surface area (Å²) in [7, 11) is 1.60. The van der Waals surface area contributed by atoms with Crippen LogP contribution in [0.15, 0.2) is 27.1 Å². The van der Waals surface area contributed by atoms with Gasteiger partial charge in [0.1, 0.15) is 5.82 Å². The van der Waals surface area contributed by atoms with Crippen LogP contribution >= 0.6 is 43.5 Å². The van der Waals surface area contributed by atoms with Crippen LogP contribution in [0.1, 0.15) is 5.69 Å². The van der Waals surface area contributed by atoms with Crippen LogP contribution in [-0.2, 0) is 11.3 Å². The molecule has 0 amide bonds. The normalized spacial score (nSPS) is 10.7. The third-order valence-corrected chi connectivity index (χ3v) is 4.19. The van der Waals surface area contributed by atoms with Gasteiger partial charge in [0, 0.05) is 22.2 Å². The van der Waals surface area contributed by atoms with Crippen molar-refractivity contribution in [3.8, 4) is 11.4 Å². The minimum absolute atomic E-state index is 0.346. The number of rotatable bonds is 3. The number of aromatic nitrogens is 2. The fraction of sp³-hybridized carbons (Fsp3) is 0.167. The Hall–Kier alpha value is -0.690. The predicted octanol–water partition coefficient (Wildman–Crippen LogP) is 4.05. The van der Waals surface area contributed by atoms with Crippen LogP contribution in [0.2, 0.25) is 5.02 Å². The molecule has 0 aliphatic rings. The van der Waals surface area contributed by atoms with Gasteiger partial charge in [0.2, 0.25) is 0 Å². The van der Waals surface area contributed by atoms with Gasteiger partial charge >= 0.3 is 0 Å². The Balaban J connectivity index is 2.59. The van der Waals surface area contributed by atoms with Crippen LogP contribution < -0.4 is 5.73 Å². The largest absolute Gasteiger partial charge is 0.383 e. The summed E-state index contributed by atoms with van der Waals surface area (Å²) < 4.78 is 6.59. The van der Waals surface area contributed by atoms with E-state index in [4.69, 9.17) is 22.1 Å². The van der Waals surface area contributed by atoms with Gasteiger partial charge in [-0.25, -0.2) is 9.97 Å². The standard InChI is InChI=1S/C12H10Br2ClN3O/c1-19-5-9-10(14)11(16)18-12(17-9)7-4-6(15)2-3-8(7)13/h2-4H,5H2,1H3,(H2,16,17,18). The highest BCUT2D eigenvalue weighted by Gasteiger charge is 2.13. The van der Waals surface area contributed by atoms with E-state index in [2.05, 4.69) is 41.8 Å². The lowest BCUT2D eigenvalue weighted by Crippen LogP contribution is -2.04. The predicted molar refractivity (Wildman–Crippen MR) is 83.0 cm³/mol. The highest BCUT2D eigenvalue weighted by atomic mass is 79.9. The second-order valence-corrected chi connectivity index (χ2v) is 5.83. The van der Waals surface area contributed by atoms with Crippen molar-refractivity contribution in [2.24, 2.45) is 0 Å². The lowest BCUT2D eigenvalue weighted by atomic mass is 10.2. The molecule has 0 bridgehead atoms. The van der Waals surface area contributed by atoms with E-state index in [1.165, 1.54) is 0 Å². The molecule has 2 N–H and O–H groups in total. The maximum Gasteiger partial charge on any atom is 0.163 e. The van der Waals surface area contributed by atoms with Gasteiger partial charge in [0.05, 0.1) is 16.8 Å². The van der Waals surface area contributed by atoms with Gasteiger partial charge in [0.15, 0.2) is 5.82 Å². The number of anilines is 1. The first-order chi connectivity index (χ1) is 9.02. The quantitative estimate of drug-likeness (QED) is 0.834. The average molecular weight is 407 g/mol.